The van der Waals surface area contributed by atoms with Crippen molar-refractivity contribution in [1.29, 1.82) is 0 Å². The van der Waals surface area contributed by atoms with E-state index in [4.69, 9.17) is 4.74 Å². The molecular weight excluding hydrogens is 366 g/mol. The minimum Gasteiger partial charge on any atom is -0.376 e. The van der Waals surface area contributed by atoms with E-state index in [1.165, 1.54) is 12.8 Å². The molecule has 1 atom stereocenters. The van der Waals surface area contributed by atoms with E-state index in [0.29, 0.717) is 12.2 Å². The Morgan fingerprint density at radius 1 is 1.07 bits per heavy atom. The van der Waals surface area contributed by atoms with Crippen molar-refractivity contribution in [3.8, 4) is 0 Å². The van der Waals surface area contributed by atoms with Crippen molar-refractivity contribution in [2.75, 3.05) is 13.2 Å². The monoisotopic (exact) mass is 399 g/mol. The van der Waals surface area contributed by atoms with Crippen molar-refractivity contribution in [3.63, 3.8) is 0 Å². The van der Waals surface area contributed by atoms with Crippen molar-refractivity contribution in [2.45, 2.75) is 88.3 Å². The number of nitrogens with zero attached hydrogens (tertiary/aromatic N) is 2. The lowest BCUT2D eigenvalue weighted by atomic mass is 9.78. The van der Waals surface area contributed by atoms with Gasteiger partial charge < -0.3 is 15.0 Å². The van der Waals surface area contributed by atoms with Gasteiger partial charge in [0, 0.05) is 25.4 Å². The first kappa shape index (κ1) is 20.3. The standard InChI is InChI=1S/C23H33N3O3/c27-21(20-12-4-7-15-24-20)26(17-19-11-8-16-29-19)23(13-5-1-6-14-23)22(28)25-18-9-2-3-10-18/h4,7,12,15,18-19H,1-3,5-6,8-11,13-14,16-17H2,(H,25,28)/t19-/m1/s1. The molecule has 4 rings (SSSR count). The second-order valence-electron chi connectivity index (χ2n) is 8.81. The smallest absolute Gasteiger partial charge is 0.273 e. The van der Waals surface area contributed by atoms with Gasteiger partial charge in [0.15, 0.2) is 0 Å². The minimum atomic E-state index is -0.790. The third-order valence-corrected chi connectivity index (χ3v) is 6.85. The van der Waals surface area contributed by atoms with Crippen LogP contribution in [0.5, 0.6) is 0 Å². The van der Waals surface area contributed by atoms with Crippen LogP contribution >= 0.6 is 0 Å². The van der Waals surface area contributed by atoms with Gasteiger partial charge in [-0.05, 0) is 50.7 Å². The van der Waals surface area contributed by atoms with Crippen LogP contribution < -0.4 is 5.32 Å². The van der Waals surface area contributed by atoms with E-state index in [-0.39, 0.29) is 24.0 Å². The summed E-state index contributed by atoms with van der Waals surface area (Å²) in [4.78, 5) is 33.4. The Morgan fingerprint density at radius 3 is 2.52 bits per heavy atom. The molecule has 1 aromatic rings. The maximum Gasteiger partial charge on any atom is 0.273 e. The van der Waals surface area contributed by atoms with Crippen LogP contribution in [0.15, 0.2) is 24.4 Å². The summed E-state index contributed by atoms with van der Waals surface area (Å²) in [6.07, 6.45) is 12.5. The van der Waals surface area contributed by atoms with E-state index in [2.05, 4.69) is 10.3 Å². The normalized spacial score (nSPS) is 24.3. The Balaban J connectivity index is 1.64. The Hall–Kier alpha value is -1.95. The number of aromatic nitrogens is 1. The molecule has 1 aliphatic heterocycles. The SMILES string of the molecule is O=C(c1ccccn1)N(C[C@H]1CCCO1)C1(C(=O)NC2CCCC2)CCCCC1. The van der Waals surface area contributed by atoms with Crippen LogP contribution in [0.3, 0.4) is 0 Å². The van der Waals surface area contributed by atoms with E-state index in [0.717, 1.165) is 64.4 Å². The first-order valence-corrected chi connectivity index (χ1v) is 11.3. The molecule has 0 radical (unpaired) electrons. The van der Waals surface area contributed by atoms with Crippen molar-refractivity contribution in [1.82, 2.24) is 15.2 Å². The molecule has 2 heterocycles. The summed E-state index contributed by atoms with van der Waals surface area (Å²) in [6, 6.07) is 5.63. The first-order chi connectivity index (χ1) is 14.2. The quantitative estimate of drug-likeness (QED) is 0.795. The van der Waals surface area contributed by atoms with E-state index >= 15 is 0 Å². The van der Waals surface area contributed by atoms with E-state index in [1.807, 2.05) is 17.0 Å². The molecule has 6 nitrogen and oxygen atoms in total. The number of amides is 2. The van der Waals surface area contributed by atoms with Crippen LogP contribution in [0.25, 0.3) is 0 Å². The van der Waals surface area contributed by atoms with Gasteiger partial charge in [-0.3, -0.25) is 14.6 Å². The number of nitrogens with one attached hydrogen (secondary N) is 1. The predicted molar refractivity (Wildman–Crippen MR) is 110 cm³/mol. The Kier molecular flexibility index (Phi) is 6.48. The first-order valence-electron chi connectivity index (χ1n) is 11.3. The number of hydrogen-bond donors (Lipinski definition) is 1. The molecule has 6 heteroatoms. The van der Waals surface area contributed by atoms with E-state index in [9.17, 15) is 9.59 Å². The highest BCUT2D eigenvalue weighted by atomic mass is 16.5. The third-order valence-electron chi connectivity index (χ3n) is 6.85. The molecule has 1 N–H and O–H groups in total. The molecule has 0 aromatic carbocycles. The Bertz CT molecular complexity index is 691. The largest absolute Gasteiger partial charge is 0.376 e. The van der Waals surface area contributed by atoms with Crippen LogP contribution in [-0.4, -0.2) is 52.5 Å². The number of carbonyl (C=O) groups is 2. The molecule has 0 unspecified atom stereocenters. The zero-order valence-electron chi connectivity index (χ0n) is 17.3. The maximum absolute atomic E-state index is 13.7. The molecule has 1 aromatic heterocycles. The van der Waals surface area contributed by atoms with Gasteiger partial charge in [0.05, 0.1) is 6.10 Å². The number of hydrogen-bond acceptors (Lipinski definition) is 4. The van der Waals surface area contributed by atoms with Gasteiger partial charge >= 0.3 is 0 Å². The number of pyridine rings is 1. The van der Waals surface area contributed by atoms with Crippen molar-refractivity contribution in [2.24, 2.45) is 0 Å². The molecule has 3 fully saturated rings. The zero-order chi connectivity index (χ0) is 20.1. The van der Waals surface area contributed by atoms with Gasteiger partial charge in [0.1, 0.15) is 11.2 Å². The van der Waals surface area contributed by atoms with Crippen molar-refractivity contribution >= 4 is 11.8 Å². The van der Waals surface area contributed by atoms with Crippen molar-refractivity contribution < 1.29 is 14.3 Å². The molecule has 1 saturated heterocycles. The van der Waals surface area contributed by atoms with Gasteiger partial charge in [-0.25, -0.2) is 0 Å². The molecule has 158 valence electrons. The maximum atomic E-state index is 13.7. The summed E-state index contributed by atoms with van der Waals surface area (Å²) in [5.41, 5.74) is -0.384. The average molecular weight is 400 g/mol. The van der Waals surface area contributed by atoms with Crippen LogP contribution in [0.4, 0.5) is 0 Å². The van der Waals surface area contributed by atoms with Gasteiger partial charge in [-0.15, -0.1) is 0 Å². The lowest BCUT2D eigenvalue weighted by Gasteiger charge is -2.46. The summed E-state index contributed by atoms with van der Waals surface area (Å²) in [7, 11) is 0. The minimum absolute atomic E-state index is 0.000689. The van der Waals surface area contributed by atoms with Gasteiger partial charge in [-0.1, -0.05) is 38.2 Å². The van der Waals surface area contributed by atoms with Crippen LogP contribution in [0.2, 0.25) is 0 Å². The summed E-state index contributed by atoms with van der Waals surface area (Å²) in [5.74, 6) is -0.115. The second kappa shape index (κ2) is 9.24. The lowest BCUT2D eigenvalue weighted by molar-refractivity contribution is -0.136. The van der Waals surface area contributed by atoms with E-state index in [1.54, 1.807) is 12.3 Å². The van der Waals surface area contributed by atoms with Gasteiger partial charge in [0.25, 0.3) is 5.91 Å². The average Bonchev–Trinajstić information content (AvgIpc) is 3.47. The summed E-state index contributed by atoms with van der Waals surface area (Å²) >= 11 is 0. The Labute approximate surface area is 173 Å². The molecule has 3 aliphatic rings. The van der Waals surface area contributed by atoms with Crippen LogP contribution in [0, 0.1) is 0 Å². The molecule has 2 aliphatic carbocycles. The highest BCUT2D eigenvalue weighted by Gasteiger charge is 2.48. The molecule has 0 spiro atoms. The summed E-state index contributed by atoms with van der Waals surface area (Å²) < 4.78 is 5.87. The van der Waals surface area contributed by atoms with Gasteiger partial charge in [0.2, 0.25) is 5.91 Å². The molecular formula is C23H33N3O3. The zero-order valence-corrected chi connectivity index (χ0v) is 17.3. The Morgan fingerprint density at radius 2 is 1.86 bits per heavy atom. The number of ether oxygens (including phenoxy) is 1. The van der Waals surface area contributed by atoms with E-state index < -0.39 is 5.54 Å². The summed E-state index contributed by atoms with van der Waals surface area (Å²) in [6.45, 7) is 1.20. The van der Waals surface area contributed by atoms with Crippen LogP contribution in [0.1, 0.15) is 81.1 Å². The highest BCUT2D eigenvalue weighted by Crippen LogP contribution is 2.36. The topological polar surface area (TPSA) is 71.5 Å². The lowest BCUT2D eigenvalue weighted by Crippen LogP contribution is -2.64. The predicted octanol–water partition coefficient (Wildman–Crippen LogP) is 3.46. The number of rotatable bonds is 6. The van der Waals surface area contributed by atoms with Gasteiger partial charge in [-0.2, -0.15) is 0 Å². The summed E-state index contributed by atoms with van der Waals surface area (Å²) in [5, 5.41) is 3.31. The molecule has 2 amide bonds. The number of carbonyl (C=O) groups excluding carboxylic acids is 2. The van der Waals surface area contributed by atoms with Crippen LogP contribution in [-0.2, 0) is 9.53 Å². The molecule has 0 bridgehead atoms. The fraction of sp³-hybridized carbons (Fsp3) is 0.696. The molecule has 29 heavy (non-hydrogen) atoms. The second-order valence-corrected chi connectivity index (χ2v) is 8.81. The fourth-order valence-corrected chi connectivity index (χ4v) is 5.22. The highest BCUT2D eigenvalue weighted by molar-refractivity contribution is 5.98. The fourth-order valence-electron chi connectivity index (χ4n) is 5.22. The molecule has 2 saturated carbocycles. The third kappa shape index (κ3) is 4.47. The van der Waals surface area contributed by atoms with Crippen molar-refractivity contribution in [3.05, 3.63) is 30.1 Å².